The van der Waals surface area contributed by atoms with E-state index < -0.39 is 11.9 Å². The number of nitrogens with zero attached hydrogens (tertiary/aromatic N) is 5. The van der Waals surface area contributed by atoms with Crippen LogP contribution in [0.1, 0.15) is 25.5 Å². The number of hydrazine groups is 1. The summed E-state index contributed by atoms with van der Waals surface area (Å²) in [5, 5.41) is 2.46. The van der Waals surface area contributed by atoms with Gasteiger partial charge in [0.1, 0.15) is 17.2 Å². The number of methoxy groups -OCH3 is 2. The highest BCUT2D eigenvalue weighted by Crippen LogP contribution is 2.49. The molecule has 0 radical (unpaired) electrons. The van der Waals surface area contributed by atoms with Gasteiger partial charge in [0.25, 0.3) is 5.56 Å². The number of ether oxygens (including phenoxy) is 2. The molecule has 4 heterocycles. The summed E-state index contributed by atoms with van der Waals surface area (Å²) in [4.78, 5) is 23.5. The van der Waals surface area contributed by atoms with Gasteiger partial charge in [0.2, 0.25) is 5.88 Å². The maximum absolute atomic E-state index is 15.5. The van der Waals surface area contributed by atoms with Crippen LogP contribution in [0.4, 0.5) is 15.8 Å². The summed E-state index contributed by atoms with van der Waals surface area (Å²) < 4.78 is 27.6. The number of hydrogen-bond acceptors (Lipinski definition) is 8. The second-order valence-corrected chi connectivity index (χ2v) is 10.0. The molecule has 0 spiro atoms. The minimum absolute atomic E-state index is 0.0461. The molecule has 0 aliphatic carbocycles. The molecule has 0 amide bonds. The van der Waals surface area contributed by atoms with Crippen molar-refractivity contribution < 1.29 is 13.9 Å². The molecular weight excluding hydrogens is 534 g/mol. The van der Waals surface area contributed by atoms with Gasteiger partial charge < -0.3 is 18.9 Å². The van der Waals surface area contributed by atoms with Crippen molar-refractivity contribution in [1.82, 2.24) is 20.0 Å². The van der Waals surface area contributed by atoms with Crippen LogP contribution < -0.4 is 30.4 Å². The average Bonchev–Trinajstić information content (AvgIpc) is 3.42. The molecule has 1 N–H and O–H groups in total. The Morgan fingerprint density at radius 3 is 2.53 bits per heavy atom. The lowest BCUT2D eigenvalue weighted by Crippen LogP contribution is -2.35. The quantitative estimate of drug-likeness (QED) is 0.453. The molecule has 1 unspecified atom stereocenters. The first-order valence-corrected chi connectivity index (χ1v) is 12.5. The van der Waals surface area contributed by atoms with E-state index in [-0.39, 0.29) is 22.5 Å². The molecule has 198 valence electrons. The third kappa shape index (κ3) is 4.23. The minimum atomic E-state index is -0.700. The van der Waals surface area contributed by atoms with Gasteiger partial charge in [-0.3, -0.25) is 15.2 Å². The van der Waals surface area contributed by atoms with Gasteiger partial charge in [-0.2, -0.15) is 4.98 Å². The number of nitrogens with one attached hydrogen (secondary N) is 1. The second-order valence-electron chi connectivity index (χ2n) is 9.13. The number of halogens is 3. The van der Waals surface area contributed by atoms with Crippen molar-refractivity contribution in [2.24, 2.45) is 13.0 Å². The fraction of sp³-hybridized carbons (Fsp3) is 0.269. The first-order chi connectivity index (χ1) is 18.1. The number of rotatable bonds is 6. The number of benzene rings is 1. The highest BCUT2D eigenvalue weighted by atomic mass is 35.5. The molecule has 0 fully saturated rings. The van der Waals surface area contributed by atoms with E-state index in [1.54, 1.807) is 42.5 Å². The predicted molar refractivity (Wildman–Crippen MR) is 144 cm³/mol. The average molecular weight is 559 g/mol. The summed E-state index contributed by atoms with van der Waals surface area (Å²) in [7, 11) is 4.60. The predicted octanol–water partition coefficient (Wildman–Crippen LogP) is 4.98. The van der Waals surface area contributed by atoms with Gasteiger partial charge in [-0.25, -0.2) is 9.37 Å². The third-order valence-electron chi connectivity index (χ3n) is 6.40. The Morgan fingerprint density at radius 2 is 1.87 bits per heavy atom. The summed E-state index contributed by atoms with van der Waals surface area (Å²) in [5.74, 6) is -0.255. The van der Waals surface area contributed by atoms with E-state index in [0.29, 0.717) is 33.5 Å². The van der Waals surface area contributed by atoms with Crippen molar-refractivity contribution in [2.75, 3.05) is 24.1 Å². The van der Waals surface area contributed by atoms with Crippen LogP contribution in [0, 0.1) is 11.7 Å². The van der Waals surface area contributed by atoms with Gasteiger partial charge in [0, 0.05) is 35.6 Å². The van der Waals surface area contributed by atoms with Crippen LogP contribution >= 0.6 is 23.2 Å². The van der Waals surface area contributed by atoms with Crippen LogP contribution in [-0.4, -0.2) is 28.8 Å². The van der Waals surface area contributed by atoms with Crippen molar-refractivity contribution >= 4 is 34.6 Å². The van der Waals surface area contributed by atoms with Crippen LogP contribution in [-0.2, 0) is 7.05 Å². The van der Waals surface area contributed by atoms with E-state index in [1.165, 1.54) is 31.0 Å². The number of allylic oxidation sites excluding steroid dienone is 1. The van der Waals surface area contributed by atoms with E-state index in [9.17, 15) is 4.79 Å². The van der Waals surface area contributed by atoms with E-state index in [0.717, 1.165) is 11.3 Å². The first kappa shape index (κ1) is 25.9. The van der Waals surface area contributed by atoms with Crippen molar-refractivity contribution in [1.29, 1.82) is 0 Å². The second kappa shape index (κ2) is 9.85. The number of fused-ring (bicyclic) bond motifs is 1. The Kier molecular flexibility index (Phi) is 6.70. The maximum atomic E-state index is 15.5. The molecule has 5 rings (SSSR count). The Balaban J connectivity index is 1.75. The molecule has 2 aliphatic heterocycles. The topological polar surface area (TPSA) is 84.8 Å². The highest BCUT2D eigenvalue weighted by molar-refractivity contribution is 6.31. The van der Waals surface area contributed by atoms with Gasteiger partial charge in [-0.1, -0.05) is 43.1 Å². The van der Waals surface area contributed by atoms with Crippen molar-refractivity contribution in [3.8, 4) is 11.9 Å². The van der Waals surface area contributed by atoms with Crippen LogP contribution in [0.2, 0.25) is 10.0 Å². The largest absolute Gasteiger partial charge is 0.479 e. The molecular formula is C26H25Cl2FN6O3. The van der Waals surface area contributed by atoms with Crippen LogP contribution in [0.3, 0.4) is 0 Å². The smallest absolute Gasteiger partial charge is 0.319 e. The number of anilines is 2. The molecule has 0 saturated carbocycles. The third-order valence-corrected chi connectivity index (χ3v) is 6.84. The van der Waals surface area contributed by atoms with E-state index >= 15 is 4.39 Å². The molecule has 3 aromatic rings. The lowest BCUT2D eigenvalue weighted by Gasteiger charge is -2.31. The molecule has 0 saturated heterocycles. The van der Waals surface area contributed by atoms with E-state index in [1.807, 2.05) is 18.9 Å². The molecule has 12 heteroatoms. The Bertz CT molecular complexity index is 1550. The molecule has 2 aromatic heterocycles. The van der Waals surface area contributed by atoms with Gasteiger partial charge in [0.05, 0.1) is 42.9 Å². The Hall–Kier alpha value is -3.76. The fourth-order valence-corrected chi connectivity index (χ4v) is 5.23. The lowest BCUT2D eigenvalue weighted by atomic mass is 9.93. The first-order valence-electron chi connectivity index (χ1n) is 11.7. The van der Waals surface area contributed by atoms with Gasteiger partial charge in [0.15, 0.2) is 0 Å². The molecule has 0 bridgehead atoms. The fourth-order valence-electron chi connectivity index (χ4n) is 4.82. The lowest BCUT2D eigenvalue weighted by molar-refractivity contribution is 0.352. The highest BCUT2D eigenvalue weighted by Gasteiger charge is 2.44. The Morgan fingerprint density at radius 1 is 1.11 bits per heavy atom. The Labute approximate surface area is 228 Å². The number of pyridine rings is 1. The SMILES string of the molecule is COc1ncc(N2NC3=CN(c4cc(Cl)cn(C)c4=O)C(c4ccc(Cl)cc4F)C3=C2C(C)C)c(OC)n1. The van der Waals surface area contributed by atoms with Gasteiger partial charge in [-0.15, -0.1) is 0 Å². The summed E-state index contributed by atoms with van der Waals surface area (Å²) in [5.41, 5.74) is 6.57. The molecule has 38 heavy (non-hydrogen) atoms. The van der Waals surface area contributed by atoms with E-state index in [2.05, 4.69) is 15.4 Å². The normalized spacial score (nSPS) is 16.7. The maximum Gasteiger partial charge on any atom is 0.319 e. The molecule has 2 aliphatic rings. The molecule has 1 atom stereocenters. The molecule has 9 nitrogen and oxygen atoms in total. The van der Waals surface area contributed by atoms with Crippen molar-refractivity contribution in [3.63, 3.8) is 0 Å². The van der Waals surface area contributed by atoms with Crippen LogP contribution in [0.15, 0.2) is 64.6 Å². The van der Waals surface area contributed by atoms with Crippen molar-refractivity contribution in [2.45, 2.75) is 19.9 Å². The summed E-state index contributed by atoms with van der Waals surface area (Å²) in [6.45, 7) is 4.04. The van der Waals surface area contributed by atoms with Crippen molar-refractivity contribution in [3.05, 3.63) is 91.6 Å². The zero-order chi connectivity index (χ0) is 27.3. The summed E-state index contributed by atoms with van der Waals surface area (Å²) in [6, 6.07) is 5.56. The monoisotopic (exact) mass is 558 g/mol. The number of hydrogen-bond donors (Lipinski definition) is 1. The standard InChI is InChI=1S/C26H25Cl2FN6O3/c1-13(2)22-21-18(32-35(22)20-10-30-26(38-5)31-24(20)37-4)12-34(19-9-15(28)11-33(3)25(19)36)23(21)16-7-6-14(27)8-17(16)29/h6-13,23,32H,1-5H3. The zero-order valence-corrected chi connectivity index (χ0v) is 22.8. The van der Waals surface area contributed by atoms with Crippen LogP contribution in [0.25, 0.3) is 0 Å². The molecule has 1 aromatic carbocycles. The number of aromatic nitrogens is 3. The summed E-state index contributed by atoms with van der Waals surface area (Å²) in [6.07, 6.45) is 4.90. The zero-order valence-electron chi connectivity index (χ0n) is 21.3. The van der Waals surface area contributed by atoms with Crippen LogP contribution in [0.5, 0.6) is 11.9 Å². The van der Waals surface area contributed by atoms with Gasteiger partial charge in [-0.05, 0) is 24.1 Å². The summed E-state index contributed by atoms with van der Waals surface area (Å²) >= 11 is 12.4. The van der Waals surface area contributed by atoms with Gasteiger partial charge >= 0.3 is 6.01 Å². The minimum Gasteiger partial charge on any atom is -0.479 e. The number of aryl methyl sites for hydroxylation is 1. The van der Waals surface area contributed by atoms with E-state index in [4.69, 9.17) is 32.7 Å².